The van der Waals surface area contributed by atoms with E-state index in [-0.39, 0.29) is 5.69 Å². The summed E-state index contributed by atoms with van der Waals surface area (Å²) in [6.45, 7) is 0. The molecule has 1 aromatic carbocycles. The lowest BCUT2D eigenvalue weighted by molar-refractivity contribution is -0.734. The Kier molecular flexibility index (Phi) is 3.99. The van der Waals surface area contributed by atoms with Crippen molar-refractivity contribution in [3.05, 3.63) is 50.9 Å². The maximum Gasteiger partial charge on any atom is 0.432 e. The number of rotatable bonds is 3. The van der Waals surface area contributed by atoms with Crippen LogP contribution in [0.5, 0.6) is 0 Å². The number of H-pyrrole nitrogens is 1. The van der Waals surface area contributed by atoms with E-state index in [0.717, 1.165) is 10.4 Å². The van der Waals surface area contributed by atoms with Crippen molar-refractivity contribution < 1.29 is 9.48 Å². The van der Waals surface area contributed by atoms with E-state index < -0.39 is 11.5 Å². The number of hydrogen-bond acceptors (Lipinski definition) is 3. The predicted octanol–water partition coefficient (Wildman–Crippen LogP) is -0.104. The van der Waals surface area contributed by atoms with Crippen LogP contribution in [-0.2, 0) is 7.05 Å². The van der Waals surface area contributed by atoms with Crippen LogP contribution in [0.25, 0.3) is 0 Å². The smallest absolute Gasteiger partial charge is 0.352 e. The van der Waals surface area contributed by atoms with Crippen molar-refractivity contribution in [2.24, 2.45) is 12.1 Å². The molecule has 2 rings (SSSR count). The van der Waals surface area contributed by atoms with Gasteiger partial charge in [0.15, 0.2) is 0 Å². The third-order valence-corrected chi connectivity index (χ3v) is 2.86. The molecule has 1 amide bonds. The Balaban J connectivity index is 2.33. The van der Waals surface area contributed by atoms with Crippen LogP contribution in [0.3, 0.4) is 0 Å². The molecule has 0 atom stereocenters. The first-order chi connectivity index (χ1) is 9.52. The summed E-state index contributed by atoms with van der Waals surface area (Å²) in [5.74, 6) is -0.478. The van der Waals surface area contributed by atoms with Gasteiger partial charge in [0.05, 0.1) is 6.21 Å². The molecule has 8 heteroatoms. The van der Waals surface area contributed by atoms with Gasteiger partial charge in [0.1, 0.15) is 7.05 Å². The average Bonchev–Trinajstić information content (AvgIpc) is 2.72. The average molecular weight is 295 g/mol. The van der Waals surface area contributed by atoms with E-state index >= 15 is 0 Å². The molecule has 2 aromatic rings. The van der Waals surface area contributed by atoms with Gasteiger partial charge in [-0.3, -0.25) is 4.79 Å². The normalized spacial score (nSPS) is 10.9. The summed E-state index contributed by atoms with van der Waals surface area (Å²) in [4.78, 5) is 24.5. The van der Waals surface area contributed by atoms with Crippen LogP contribution in [0, 0.1) is 0 Å². The zero-order valence-electron chi connectivity index (χ0n) is 10.9. The molecule has 0 unspecified atom stereocenters. The second-order valence-corrected chi connectivity index (χ2v) is 4.44. The molecule has 0 aliphatic heterocycles. The van der Waals surface area contributed by atoms with E-state index in [0.29, 0.717) is 5.02 Å². The van der Waals surface area contributed by atoms with Crippen LogP contribution in [0.4, 0.5) is 0 Å². The van der Waals surface area contributed by atoms with Crippen molar-refractivity contribution in [3.8, 4) is 0 Å². The number of carbonyl (C=O) groups excluding carboxylic acids is 1. The molecule has 0 bridgehead atoms. The van der Waals surface area contributed by atoms with Crippen molar-refractivity contribution in [1.29, 1.82) is 0 Å². The highest BCUT2D eigenvalue weighted by Gasteiger charge is 2.25. The van der Waals surface area contributed by atoms with Crippen molar-refractivity contribution >= 4 is 23.7 Å². The number of benzene rings is 1. The fourth-order valence-electron chi connectivity index (χ4n) is 1.60. The largest absolute Gasteiger partial charge is 0.432 e. The first-order valence-electron chi connectivity index (χ1n) is 5.76. The van der Waals surface area contributed by atoms with Crippen LogP contribution in [-0.4, -0.2) is 29.2 Å². The molecule has 0 saturated carbocycles. The molecule has 0 aliphatic rings. The van der Waals surface area contributed by atoms with Crippen LogP contribution >= 0.6 is 11.6 Å². The number of aromatic nitrogens is 3. The van der Waals surface area contributed by atoms with Gasteiger partial charge in [0, 0.05) is 16.9 Å². The molecule has 0 saturated heterocycles. The van der Waals surface area contributed by atoms with Gasteiger partial charge in [-0.15, -0.1) is 0 Å². The number of aromatic amines is 1. The highest BCUT2D eigenvalue weighted by molar-refractivity contribution is 6.30. The third-order valence-electron chi connectivity index (χ3n) is 2.61. The summed E-state index contributed by atoms with van der Waals surface area (Å²) in [6.07, 6.45) is 1.49. The summed E-state index contributed by atoms with van der Waals surface area (Å²) in [7, 11) is 3.01. The summed E-state index contributed by atoms with van der Waals surface area (Å²) in [6, 6.07) is 6.96. The minimum atomic E-state index is -0.530. The van der Waals surface area contributed by atoms with E-state index in [9.17, 15) is 9.59 Å². The quantitative estimate of drug-likeness (QED) is 0.612. The minimum Gasteiger partial charge on any atom is -0.352 e. The molecule has 2 N–H and O–H groups in total. The molecule has 0 fully saturated rings. The molecular weight excluding hydrogens is 282 g/mol. The fraction of sp³-hybridized carbons (Fsp3) is 0.167. The summed E-state index contributed by atoms with van der Waals surface area (Å²) < 4.78 is 1.31. The first kappa shape index (κ1) is 14.0. The van der Waals surface area contributed by atoms with Gasteiger partial charge >= 0.3 is 17.2 Å². The molecule has 0 aliphatic carbocycles. The third kappa shape index (κ3) is 2.77. The highest BCUT2D eigenvalue weighted by atomic mass is 35.5. The lowest BCUT2D eigenvalue weighted by Crippen LogP contribution is -2.42. The SMILES string of the molecule is CNC(=O)c1c(=O)n(/N=C/c2ccc(Cl)cc2)[nH][n+]1C. The summed E-state index contributed by atoms with van der Waals surface area (Å²) in [5.41, 5.74) is 0.220. The minimum absolute atomic E-state index is 0.0271. The van der Waals surface area contributed by atoms with Crippen LogP contribution in [0.2, 0.25) is 5.02 Å². The van der Waals surface area contributed by atoms with Crippen molar-refractivity contribution in [2.75, 3.05) is 7.05 Å². The molecular formula is C12H13ClN5O2+. The Morgan fingerprint density at radius 1 is 1.45 bits per heavy atom. The lowest BCUT2D eigenvalue weighted by atomic mass is 10.2. The predicted molar refractivity (Wildman–Crippen MR) is 74.1 cm³/mol. The zero-order chi connectivity index (χ0) is 14.7. The van der Waals surface area contributed by atoms with Gasteiger partial charge in [0.2, 0.25) is 0 Å². The molecule has 0 spiro atoms. The van der Waals surface area contributed by atoms with Crippen molar-refractivity contribution in [1.82, 2.24) is 15.3 Å². The second-order valence-electron chi connectivity index (χ2n) is 4.00. The highest BCUT2D eigenvalue weighted by Crippen LogP contribution is 2.07. The number of nitrogens with zero attached hydrogens (tertiary/aromatic N) is 3. The Labute approximate surface area is 119 Å². The first-order valence-corrected chi connectivity index (χ1v) is 6.14. The standard InChI is InChI=1S/C12H12ClN5O2/c1-14-11(19)10-12(20)18(16-17(10)2)15-7-8-3-5-9(13)6-4-8/h3-7H,1-2H3,(H-,14,16,19,20)/p+1/b15-7+. The van der Waals surface area contributed by atoms with Crippen LogP contribution < -0.4 is 15.6 Å². The van der Waals surface area contributed by atoms with Gasteiger partial charge in [-0.2, -0.15) is 4.68 Å². The number of amides is 1. The number of nitrogens with one attached hydrogen (secondary N) is 2. The van der Waals surface area contributed by atoms with Crippen LogP contribution in [0.15, 0.2) is 34.2 Å². The van der Waals surface area contributed by atoms with E-state index in [4.69, 9.17) is 11.6 Å². The molecule has 0 radical (unpaired) electrons. The van der Waals surface area contributed by atoms with E-state index in [2.05, 4.69) is 15.6 Å². The van der Waals surface area contributed by atoms with Gasteiger partial charge in [-0.1, -0.05) is 34.0 Å². The molecule has 1 aromatic heterocycles. The number of carbonyl (C=O) groups is 1. The summed E-state index contributed by atoms with van der Waals surface area (Å²) in [5, 5.41) is 9.64. The topological polar surface area (TPSA) is 83.1 Å². The zero-order valence-corrected chi connectivity index (χ0v) is 11.7. The number of halogens is 1. The van der Waals surface area contributed by atoms with Gasteiger partial charge < -0.3 is 5.32 Å². The fourth-order valence-corrected chi connectivity index (χ4v) is 1.73. The Morgan fingerprint density at radius 2 is 2.10 bits per heavy atom. The van der Waals surface area contributed by atoms with Crippen molar-refractivity contribution in [2.45, 2.75) is 0 Å². The number of aryl methyl sites for hydroxylation is 1. The van der Waals surface area contributed by atoms with Gasteiger partial charge in [-0.05, 0) is 17.7 Å². The summed E-state index contributed by atoms with van der Waals surface area (Å²) >= 11 is 5.78. The molecule has 7 nitrogen and oxygen atoms in total. The van der Waals surface area contributed by atoms with E-state index in [1.54, 1.807) is 31.3 Å². The lowest BCUT2D eigenvalue weighted by Gasteiger charge is -1.90. The van der Waals surface area contributed by atoms with Crippen molar-refractivity contribution in [3.63, 3.8) is 0 Å². The monoisotopic (exact) mass is 294 g/mol. The maximum atomic E-state index is 12.0. The second kappa shape index (κ2) is 5.70. The Bertz CT molecular complexity index is 714. The maximum absolute atomic E-state index is 12.0. The Hall–Kier alpha value is -2.41. The molecule has 20 heavy (non-hydrogen) atoms. The van der Waals surface area contributed by atoms with Gasteiger partial charge in [-0.25, -0.2) is 4.79 Å². The van der Waals surface area contributed by atoms with E-state index in [1.165, 1.54) is 17.9 Å². The number of hydrogen-bond donors (Lipinski definition) is 2. The van der Waals surface area contributed by atoms with Gasteiger partial charge in [0.25, 0.3) is 0 Å². The Morgan fingerprint density at radius 3 is 2.70 bits per heavy atom. The van der Waals surface area contributed by atoms with Crippen LogP contribution in [0.1, 0.15) is 16.1 Å². The van der Waals surface area contributed by atoms with E-state index in [1.807, 2.05) is 0 Å². The molecule has 104 valence electrons. The molecule has 1 heterocycles.